The molecular weight excluding hydrogens is 326 g/mol. The van der Waals surface area contributed by atoms with Crippen molar-refractivity contribution in [2.24, 2.45) is 5.92 Å². The molecule has 1 N–H and O–H groups in total. The summed E-state index contributed by atoms with van der Waals surface area (Å²) in [6.07, 6.45) is 2.13. The number of hydrogen-bond acceptors (Lipinski definition) is 3. The van der Waals surface area contributed by atoms with E-state index in [-0.39, 0.29) is 11.8 Å². The summed E-state index contributed by atoms with van der Waals surface area (Å²) in [4.78, 5) is 12.9. The molecule has 126 valence electrons. The third-order valence-electron chi connectivity index (χ3n) is 4.27. The Morgan fingerprint density at radius 3 is 2.42 bits per heavy atom. The normalized spacial score (nSPS) is 14.8. The van der Waals surface area contributed by atoms with Gasteiger partial charge in [-0.05, 0) is 48.6 Å². The predicted octanol–water partition coefficient (Wildman–Crippen LogP) is 4.49. The maximum atomic E-state index is 12.9. The van der Waals surface area contributed by atoms with Crippen molar-refractivity contribution < 1.29 is 14.3 Å². The quantitative estimate of drug-likeness (QED) is 0.839. The van der Waals surface area contributed by atoms with E-state index in [0.29, 0.717) is 28.1 Å². The Bertz CT molecular complexity index is 726. The number of rotatable bonds is 6. The van der Waals surface area contributed by atoms with Crippen LogP contribution >= 0.6 is 11.6 Å². The molecule has 4 nitrogen and oxygen atoms in total. The summed E-state index contributed by atoms with van der Waals surface area (Å²) < 4.78 is 10.6. The van der Waals surface area contributed by atoms with Crippen LogP contribution in [0.1, 0.15) is 24.3 Å². The Morgan fingerprint density at radius 1 is 1.12 bits per heavy atom. The second kappa shape index (κ2) is 7.14. The standard InChI is InChI=1S/C19H20ClNO3/c1-23-15-9-10-17(24-2)16(11-15)21-19(22)18(12-3-4-12)13-5-7-14(20)8-6-13/h5-12,18H,3-4H2,1-2H3,(H,21,22). The van der Waals surface area contributed by atoms with Gasteiger partial charge in [0.1, 0.15) is 11.5 Å². The smallest absolute Gasteiger partial charge is 0.232 e. The average molecular weight is 346 g/mol. The van der Waals surface area contributed by atoms with E-state index < -0.39 is 0 Å². The molecule has 0 bridgehead atoms. The summed E-state index contributed by atoms with van der Waals surface area (Å²) in [6, 6.07) is 12.8. The van der Waals surface area contributed by atoms with E-state index in [4.69, 9.17) is 21.1 Å². The monoisotopic (exact) mass is 345 g/mol. The maximum Gasteiger partial charge on any atom is 0.232 e. The molecule has 0 aliphatic heterocycles. The Kier molecular flexibility index (Phi) is 4.95. The molecule has 0 spiro atoms. The molecule has 1 saturated carbocycles. The third kappa shape index (κ3) is 3.65. The van der Waals surface area contributed by atoms with Gasteiger partial charge in [0.25, 0.3) is 0 Å². The van der Waals surface area contributed by atoms with Gasteiger partial charge in [-0.25, -0.2) is 0 Å². The van der Waals surface area contributed by atoms with Gasteiger partial charge in [-0.3, -0.25) is 4.79 Å². The molecule has 0 heterocycles. The first-order valence-corrected chi connectivity index (χ1v) is 8.28. The van der Waals surface area contributed by atoms with Crippen LogP contribution in [0, 0.1) is 5.92 Å². The highest BCUT2D eigenvalue weighted by Crippen LogP contribution is 2.44. The van der Waals surface area contributed by atoms with E-state index in [9.17, 15) is 4.79 Å². The first-order valence-electron chi connectivity index (χ1n) is 7.90. The minimum absolute atomic E-state index is 0.0358. The van der Waals surface area contributed by atoms with Gasteiger partial charge in [0, 0.05) is 11.1 Å². The van der Waals surface area contributed by atoms with Gasteiger partial charge >= 0.3 is 0 Å². The molecule has 1 unspecified atom stereocenters. The zero-order valence-electron chi connectivity index (χ0n) is 13.7. The van der Waals surface area contributed by atoms with Crippen molar-refractivity contribution in [1.29, 1.82) is 0 Å². The van der Waals surface area contributed by atoms with Crippen molar-refractivity contribution in [2.45, 2.75) is 18.8 Å². The minimum atomic E-state index is -0.182. The van der Waals surface area contributed by atoms with Gasteiger partial charge in [-0.1, -0.05) is 23.7 Å². The lowest BCUT2D eigenvalue weighted by Gasteiger charge is -2.18. The fourth-order valence-corrected chi connectivity index (χ4v) is 2.99. The Morgan fingerprint density at radius 2 is 1.83 bits per heavy atom. The first-order chi connectivity index (χ1) is 11.6. The van der Waals surface area contributed by atoms with E-state index in [1.165, 1.54) is 0 Å². The van der Waals surface area contributed by atoms with E-state index in [1.54, 1.807) is 32.4 Å². The number of methoxy groups -OCH3 is 2. The zero-order valence-corrected chi connectivity index (χ0v) is 14.5. The number of halogens is 1. The van der Waals surface area contributed by atoms with Crippen molar-refractivity contribution in [3.8, 4) is 11.5 Å². The first kappa shape index (κ1) is 16.7. The van der Waals surface area contributed by atoms with Crippen LogP contribution in [0.4, 0.5) is 5.69 Å². The fourth-order valence-electron chi connectivity index (χ4n) is 2.86. The van der Waals surface area contributed by atoms with Gasteiger partial charge < -0.3 is 14.8 Å². The lowest BCUT2D eigenvalue weighted by atomic mass is 9.93. The molecule has 1 atom stereocenters. The summed E-state index contributed by atoms with van der Waals surface area (Å²) in [5.41, 5.74) is 1.60. The van der Waals surface area contributed by atoms with E-state index in [2.05, 4.69) is 5.32 Å². The lowest BCUT2D eigenvalue weighted by Crippen LogP contribution is -2.23. The highest BCUT2D eigenvalue weighted by Gasteiger charge is 2.37. The molecule has 2 aromatic carbocycles. The number of benzene rings is 2. The number of nitrogens with one attached hydrogen (secondary N) is 1. The summed E-state index contributed by atoms with van der Waals surface area (Å²) >= 11 is 5.96. The SMILES string of the molecule is COc1ccc(OC)c(NC(=O)C(c2ccc(Cl)cc2)C2CC2)c1. The van der Waals surface area contributed by atoms with E-state index in [1.807, 2.05) is 24.3 Å². The van der Waals surface area contributed by atoms with Gasteiger partial charge in [0.05, 0.1) is 25.8 Å². The van der Waals surface area contributed by atoms with Gasteiger partial charge in [-0.2, -0.15) is 0 Å². The number of ether oxygens (including phenoxy) is 2. The molecule has 24 heavy (non-hydrogen) atoms. The predicted molar refractivity (Wildman–Crippen MR) is 95.1 cm³/mol. The topological polar surface area (TPSA) is 47.6 Å². The molecule has 5 heteroatoms. The van der Waals surface area contributed by atoms with Crippen molar-refractivity contribution in [3.63, 3.8) is 0 Å². The number of carbonyl (C=O) groups is 1. The van der Waals surface area contributed by atoms with Gasteiger partial charge in [0.2, 0.25) is 5.91 Å². The molecule has 1 fully saturated rings. The molecule has 1 aliphatic carbocycles. The highest BCUT2D eigenvalue weighted by molar-refractivity contribution is 6.30. The largest absolute Gasteiger partial charge is 0.497 e. The van der Waals surface area contributed by atoms with Crippen molar-refractivity contribution in [3.05, 3.63) is 53.1 Å². The number of anilines is 1. The maximum absolute atomic E-state index is 12.9. The van der Waals surface area contributed by atoms with Crippen LogP contribution in [0.15, 0.2) is 42.5 Å². The van der Waals surface area contributed by atoms with Crippen LogP contribution in [-0.4, -0.2) is 20.1 Å². The number of hydrogen-bond donors (Lipinski definition) is 1. The van der Waals surface area contributed by atoms with E-state index in [0.717, 1.165) is 18.4 Å². The van der Waals surface area contributed by atoms with E-state index >= 15 is 0 Å². The molecule has 0 radical (unpaired) electrons. The fraction of sp³-hybridized carbons (Fsp3) is 0.316. The average Bonchev–Trinajstić information content (AvgIpc) is 3.41. The zero-order chi connectivity index (χ0) is 17.1. The van der Waals surface area contributed by atoms with Crippen molar-refractivity contribution in [2.75, 3.05) is 19.5 Å². The van der Waals surface area contributed by atoms with Crippen LogP contribution in [0.5, 0.6) is 11.5 Å². The Balaban J connectivity index is 1.85. The summed E-state index contributed by atoms with van der Waals surface area (Å²) in [7, 11) is 3.17. The molecule has 1 amide bonds. The summed E-state index contributed by atoms with van der Waals surface area (Å²) in [6.45, 7) is 0. The van der Waals surface area contributed by atoms with Crippen LogP contribution in [0.3, 0.4) is 0 Å². The summed E-state index contributed by atoms with van der Waals surface area (Å²) in [5, 5.41) is 3.66. The second-order valence-electron chi connectivity index (χ2n) is 5.92. The summed E-state index contributed by atoms with van der Waals surface area (Å²) in [5.74, 6) is 1.43. The highest BCUT2D eigenvalue weighted by atomic mass is 35.5. The van der Waals surface area contributed by atoms with Crippen molar-refractivity contribution in [1.82, 2.24) is 0 Å². The molecule has 0 aromatic heterocycles. The molecule has 1 aliphatic rings. The van der Waals surface area contributed by atoms with Crippen LogP contribution < -0.4 is 14.8 Å². The Labute approximate surface area is 146 Å². The molecular formula is C19H20ClNO3. The van der Waals surface area contributed by atoms with Gasteiger partial charge in [-0.15, -0.1) is 0 Å². The van der Waals surface area contributed by atoms with Crippen molar-refractivity contribution >= 4 is 23.2 Å². The molecule has 0 saturated heterocycles. The second-order valence-corrected chi connectivity index (χ2v) is 6.36. The van der Waals surface area contributed by atoms with Gasteiger partial charge in [0.15, 0.2) is 0 Å². The third-order valence-corrected chi connectivity index (χ3v) is 4.52. The van der Waals surface area contributed by atoms with Crippen LogP contribution in [0.2, 0.25) is 5.02 Å². The number of amides is 1. The van der Waals surface area contributed by atoms with Crippen LogP contribution in [-0.2, 0) is 4.79 Å². The minimum Gasteiger partial charge on any atom is -0.497 e. The van der Waals surface area contributed by atoms with Crippen LogP contribution in [0.25, 0.3) is 0 Å². The molecule has 2 aromatic rings. The lowest BCUT2D eigenvalue weighted by molar-refractivity contribution is -0.118. The number of carbonyl (C=O) groups excluding carboxylic acids is 1. The molecule has 3 rings (SSSR count). The Hall–Kier alpha value is -2.20.